The molecule has 0 amide bonds. The van der Waals surface area contributed by atoms with Gasteiger partial charge in [0.25, 0.3) is 0 Å². The Morgan fingerprint density at radius 2 is 1.85 bits per heavy atom. The maximum Gasteiger partial charge on any atom is 0.229 e. The largest absolute Gasteiger partial charge is 0.374 e. The molecule has 0 saturated carbocycles. The van der Waals surface area contributed by atoms with Gasteiger partial charge in [0.1, 0.15) is 11.6 Å². The van der Waals surface area contributed by atoms with Crippen LogP contribution in [-0.4, -0.2) is 68.4 Å². The molecule has 3 aliphatic heterocycles. The van der Waals surface area contributed by atoms with Crippen LogP contribution in [-0.2, 0) is 31.8 Å². The molecular weight excluding hydrogens is 534 g/mol. The highest BCUT2D eigenvalue weighted by Crippen LogP contribution is 2.53. The molecule has 2 atom stereocenters. The van der Waals surface area contributed by atoms with Crippen molar-refractivity contribution in [2.75, 3.05) is 42.9 Å². The lowest BCUT2D eigenvalue weighted by Gasteiger charge is -2.46. The number of nitrogens with zero attached hydrogens (tertiary/aromatic N) is 6. The van der Waals surface area contributed by atoms with Crippen molar-refractivity contribution in [3.8, 4) is 0 Å². The van der Waals surface area contributed by atoms with E-state index in [1.165, 1.54) is 11.1 Å². The van der Waals surface area contributed by atoms with Crippen LogP contribution >= 0.6 is 0 Å². The molecule has 6 rings (SSSR count). The standard InChI is InChI=1S/C31H41N7O2S/c1-29(2)18-37(6)17-20-14-21(12-13-22(20)29)33-28-32-16-23-27(35-28)38(24-15-30(3,4)40-19-31(23,24)5)26-11-9-10-25(34-26)36-41(7,8)39/h9-14,16,24H,15,17-19H2,1-8H3,(H,32,33,35)/t24?,31-/m0/s1. The molecule has 0 radical (unpaired) electrons. The van der Waals surface area contributed by atoms with Crippen molar-refractivity contribution in [1.29, 1.82) is 0 Å². The Bertz CT molecular complexity index is 1640. The minimum Gasteiger partial charge on any atom is -0.374 e. The SMILES string of the molecule is CN1Cc2cc(Nc3ncc4c(n3)N(c3cccc(N=S(C)(C)=O)n3)C3CC(C)(C)OC[C@@]43C)ccc2C(C)(C)C1. The number of hydrogen-bond acceptors (Lipinski definition) is 9. The highest BCUT2D eigenvalue weighted by molar-refractivity contribution is 7.92. The second-order valence-electron chi connectivity index (χ2n) is 13.7. The molecule has 2 aromatic heterocycles. The number of nitrogens with one attached hydrogen (secondary N) is 1. The third-order valence-corrected chi connectivity index (χ3v) is 9.21. The molecule has 1 aromatic carbocycles. The van der Waals surface area contributed by atoms with E-state index in [0.717, 1.165) is 42.4 Å². The van der Waals surface area contributed by atoms with Crippen LogP contribution in [0.4, 0.5) is 29.1 Å². The van der Waals surface area contributed by atoms with Crippen LogP contribution < -0.4 is 10.2 Å². The van der Waals surface area contributed by atoms with Crippen molar-refractivity contribution in [2.24, 2.45) is 4.36 Å². The minimum absolute atomic E-state index is 0.0580. The fourth-order valence-corrected chi connectivity index (χ4v) is 7.33. The molecule has 1 unspecified atom stereocenters. The molecule has 3 aliphatic rings. The number of benzene rings is 1. The van der Waals surface area contributed by atoms with Crippen LogP contribution in [0.1, 0.15) is 57.7 Å². The van der Waals surface area contributed by atoms with Gasteiger partial charge < -0.3 is 19.9 Å². The molecule has 218 valence electrons. The highest BCUT2D eigenvalue weighted by atomic mass is 32.2. The van der Waals surface area contributed by atoms with E-state index in [4.69, 9.17) is 19.7 Å². The van der Waals surface area contributed by atoms with Crippen molar-refractivity contribution in [3.05, 3.63) is 59.3 Å². The first kappa shape index (κ1) is 28.1. The van der Waals surface area contributed by atoms with E-state index in [2.05, 4.69) is 79.3 Å². The van der Waals surface area contributed by atoms with Crippen LogP contribution in [0.2, 0.25) is 0 Å². The molecule has 3 aromatic rings. The van der Waals surface area contributed by atoms with Crippen molar-refractivity contribution < 1.29 is 8.95 Å². The second-order valence-corrected chi connectivity index (χ2v) is 16.2. The smallest absolute Gasteiger partial charge is 0.229 e. The lowest BCUT2D eigenvalue weighted by atomic mass is 9.73. The number of aromatic nitrogens is 3. The average Bonchev–Trinajstić information content (AvgIpc) is 3.09. The quantitative estimate of drug-likeness (QED) is 0.425. The topological polar surface area (TPSA) is 95.8 Å². The van der Waals surface area contributed by atoms with Gasteiger partial charge in [-0.15, -0.1) is 0 Å². The van der Waals surface area contributed by atoms with E-state index < -0.39 is 9.73 Å². The van der Waals surface area contributed by atoms with Crippen LogP contribution in [0.15, 0.2) is 47.0 Å². The summed E-state index contributed by atoms with van der Waals surface area (Å²) in [6.45, 7) is 13.6. The molecule has 5 heterocycles. The normalized spacial score (nSPS) is 24.8. The van der Waals surface area contributed by atoms with Gasteiger partial charge in [-0.2, -0.15) is 9.35 Å². The summed E-state index contributed by atoms with van der Waals surface area (Å²) in [6.07, 6.45) is 5.97. The van der Waals surface area contributed by atoms with Gasteiger partial charge in [0.15, 0.2) is 5.82 Å². The van der Waals surface area contributed by atoms with Crippen LogP contribution in [0.25, 0.3) is 0 Å². The summed E-state index contributed by atoms with van der Waals surface area (Å²) in [5.74, 6) is 2.53. The first-order chi connectivity index (χ1) is 19.1. The lowest BCUT2D eigenvalue weighted by molar-refractivity contribution is -0.0893. The Morgan fingerprint density at radius 1 is 1.07 bits per heavy atom. The van der Waals surface area contributed by atoms with E-state index in [1.807, 2.05) is 18.3 Å². The fourth-order valence-electron chi connectivity index (χ4n) is 6.78. The third kappa shape index (κ3) is 5.21. The molecule has 1 fully saturated rings. The van der Waals surface area contributed by atoms with Crippen molar-refractivity contribution in [1.82, 2.24) is 19.9 Å². The van der Waals surface area contributed by atoms with Gasteiger partial charge in [0.2, 0.25) is 5.95 Å². The third-order valence-electron chi connectivity index (χ3n) is 8.58. The fraction of sp³-hybridized carbons (Fsp3) is 0.516. The van der Waals surface area contributed by atoms with Gasteiger partial charge in [-0.3, -0.25) is 0 Å². The predicted molar refractivity (Wildman–Crippen MR) is 165 cm³/mol. The zero-order chi connectivity index (χ0) is 29.4. The Hall–Kier alpha value is -3.08. The number of ether oxygens (including phenoxy) is 1. The van der Waals surface area contributed by atoms with Crippen molar-refractivity contribution in [3.63, 3.8) is 0 Å². The van der Waals surface area contributed by atoms with E-state index in [1.54, 1.807) is 18.6 Å². The van der Waals surface area contributed by atoms with E-state index in [9.17, 15) is 4.21 Å². The van der Waals surface area contributed by atoms with Crippen molar-refractivity contribution in [2.45, 2.75) is 70.1 Å². The Morgan fingerprint density at radius 3 is 2.61 bits per heavy atom. The Kier molecular flexibility index (Phi) is 6.48. The molecule has 10 heteroatoms. The summed E-state index contributed by atoms with van der Waals surface area (Å²) < 4.78 is 23.2. The van der Waals surface area contributed by atoms with Gasteiger partial charge in [-0.1, -0.05) is 32.9 Å². The molecule has 9 nitrogen and oxygen atoms in total. The number of likely N-dealkylation sites (N-methyl/N-ethyl adjacent to an activating group) is 1. The number of fused-ring (bicyclic) bond motifs is 4. The Labute approximate surface area is 243 Å². The van der Waals surface area contributed by atoms with Crippen LogP contribution in [0.3, 0.4) is 0 Å². The number of pyridine rings is 1. The summed E-state index contributed by atoms with van der Waals surface area (Å²) in [5, 5.41) is 3.47. The first-order valence-corrected chi connectivity index (χ1v) is 16.5. The number of hydrogen-bond donors (Lipinski definition) is 1. The van der Waals surface area contributed by atoms with Gasteiger partial charge in [-0.05, 0) is 62.7 Å². The monoisotopic (exact) mass is 575 g/mol. The first-order valence-electron chi connectivity index (χ1n) is 14.2. The summed E-state index contributed by atoms with van der Waals surface area (Å²) in [4.78, 5) is 19.3. The highest BCUT2D eigenvalue weighted by Gasteiger charge is 2.55. The van der Waals surface area contributed by atoms with Crippen LogP contribution in [0.5, 0.6) is 0 Å². The van der Waals surface area contributed by atoms with E-state index in [0.29, 0.717) is 18.4 Å². The zero-order valence-corrected chi connectivity index (χ0v) is 26.2. The number of anilines is 4. The lowest BCUT2D eigenvalue weighted by Crippen LogP contribution is -2.54. The Balaban J connectivity index is 1.41. The summed E-state index contributed by atoms with van der Waals surface area (Å²) in [7, 11) is -0.185. The molecular formula is C31H41N7O2S. The van der Waals surface area contributed by atoms with Crippen LogP contribution in [0, 0.1) is 0 Å². The summed E-state index contributed by atoms with van der Waals surface area (Å²) in [6, 6.07) is 12.3. The zero-order valence-electron chi connectivity index (χ0n) is 25.4. The van der Waals surface area contributed by atoms with E-state index in [-0.39, 0.29) is 22.5 Å². The maximum atomic E-state index is 12.4. The van der Waals surface area contributed by atoms with Gasteiger partial charge in [0.05, 0.1) is 18.2 Å². The van der Waals surface area contributed by atoms with Crippen molar-refractivity contribution >= 4 is 38.8 Å². The summed E-state index contributed by atoms with van der Waals surface area (Å²) in [5.41, 5.74) is 4.20. The minimum atomic E-state index is -2.36. The predicted octanol–water partition coefficient (Wildman–Crippen LogP) is 5.67. The van der Waals surface area contributed by atoms with Gasteiger partial charge >= 0.3 is 0 Å². The molecule has 41 heavy (non-hydrogen) atoms. The molecule has 1 saturated heterocycles. The molecule has 0 spiro atoms. The molecule has 1 N–H and O–H groups in total. The molecule has 0 bridgehead atoms. The van der Waals surface area contributed by atoms with E-state index >= 15 is 0 Å². The maximum absolute atomic E-state index is 12.4. The van der Waals surface area contributed by atoms with Gasteiger partial charge in [-0.25, -0.2) is 14.2 Å². The summed E-state index contributed by atoms with van der Waals surface area (Å²) >= 11 is 0. The second kappa shape index (κ2) is 9.47. The van der Waals surface area contributed by atoms with Gasteiger partial charge in [0, 0.05) is 63.6 Å². The molecule has 0 aliphatic carbocycles. The average molecular weight is 576 g/mol. The number of rotatable bonds is 4.